The molecule has 1 aromatic heterocycles. The highest BCUT2D eigenvalue weighted by molar-refractivity contribution is 6.06. The van der Waals surface area contributed by atoms with Gasteiger partial charge >= 0.3 is 0 Å². The predicted molar refractivity (Wildman–Crippen MR) is 80.8 cm³/mol. The molecule has 0 unspecified atom stereocenters. The number of aryl methyl sites for hydroxylation is 1. The van der Waals surface area contributed by atoms with E-state index in [1.54, 1.807) is 10.9 Å². The van der Waals surface area contributed by atoms with Gasteiger partial charge in [0.25, 0.3) is 5.91 Å². The standard InChI is InChI=1S/C15H20N4O/c1-4-19-9-13(16)14(18-19)15(20)17-12-7-5-11(6-8-12)10(2)3/h5-10H,4,16H2,1-3H3,(H,17,20). The minimum Gasteiger partial charge on any atom is -0.396 e. The van der Waals surface area contributed by atoms with Gasteiger partial charge in [-0.15, -0.1) is 0 Å². The molecule has 0 spiro atoms. The monoisotopic (exact) mass is 272 g/mol. The Bertz CT molecular complexity index is 599. The summed E-state index contributed by atoms with van der Waals surface area (Å²) in [4.78, 5) is 12.1. The lowest BCUT2D eigenvalue weighted by Gasteiger charge is -2.07. The fourth-order valence-corrected chi connectivity index (χ4v) is 1.92. The molecule has 2 rings (SSSR count). The molecule has 20 heavy (non-hydrogen) atoms. The first-order valence-electron chi connectivity index (χ1n) is 6.75. The number of carbonyl (C=O) groups is 1. The summed E-state index contributed by atoms with van der Waals surface area (Å²) in [6.07, 6.45) is 1.66. The second kappa shape index (κ2) is 5.77. The average Bonchev–Trinajstić information content (AvgIpc) is 2.80. The van der Waals surface area contributed by atoms with Crippen molar-refractivity contribution in [2.24, 2.45) is 0 Å². The number of aromatic nitrogens is 2. The van der Waals surface area contributed by atoms with Crippen LogP contribution in [0.4, 0.5) is 11.4 Å². The summed E-state index contributed by atoms with van der Waals surface area (Å²) in [5.74, 6) is 0.183. The summed E-state index contributed by atoms with van der Waals surface area (Å²) in [6, 6.07) is 7.79. The Hall–Kier alpha value is -2.30. The van der Waals surface area contributed by atoms with Crippen LogP contribution in [-0.2, 0) is 6.54 Å². The Morgan fingerprint density at radius 1 is 1.35 bits per heavy atom. The average molecular weight is 272 g/mol. The van der Waals surface area contributed by atoms with E-state index in [1.807, 2.05) is 31.2 Å². The summed E-state index contributed by atoms with van der Waals surface area (Å²) >= 11 is 0. The number of amides is 1. The predicted octanol–water partition coefficient (Wildman–Crippen LogP) is 2.86. The van der Waals surface area contributed by atoms with Gasteiger partial charge in [-0.25, -0.2) is 0 Å². The number of hydrogen-bond donors (Lipinski definition) is 2. The van der Waals surface area contributed by atoms with E-state index < -0.39 is 0 Å². The van der Waals surface area contributed by atoms with E-state index in [-0.39, 0.29) is 11.6 Å². The van der Waals surface area contributed by atoms with Crippen LogP contribution >= 0.6 is 0 Å². The van der Waals surface area contributed by atoms with E-state index in [2.05, 4.69) is 24.3 Å². The van der Waals surface area contributed by atoms with Gasteiger partial charge in [-0.05, 0) is 30.5 Å². The molecule has 5 heteroatoms. The molecular formula is C15H20N4O. The van der Waals surface area contributed by atoms with Gasteiger partial charge < -0.3 is 11.1 Å². The van der Waals surface area contributed by atoms with Crippen LogP contribution in [0.5, 0.6) is 0 Å². The van der Waals surface area contributed by atoms with Gasteiger partial charge in [-0.1, -0.05) is 26.0 Å². The van der Waals surface area contributed by atoms with E-state index in [0.717, 1.165) is 5.69 Å². The zero-order chi connectivity index (χ0) is 14.7. The molecule has 0 aliphatic rings. The Labute approximate surface area is 118 Å². The largest absolute Gasteiger partial charge is 0.396 e. The summed E-state index contributed by atoms with van der Waals surface area (Å²) in [7, 11) is 0. The highest BCUT2D eigenvalue weighted by Crippen LogP contribution is 2.18. The molecule has 3 N–H and O–H groups in total. The first-order chi connectivity index (χ1) is 9.51. The van der Waals surface area contributed by atoms with Crippen LogP contribution in [0.2, 0.25) is 0 Å². The maximum atomic E-state index is 12.1. The lowest BCUT2D eigenvalue weighted by molar-refractivity contribution is 0.102. The smallest absolute Gasteiger partial charge is 0.278 e. The normalized spacial score (nSPS) is 10.8. The number of carbonyl (C=O) groups excluding carboxylic acids is 1. The molecule has 0 aliphatic heterocycles. The molecule has 1 aromatic carbocycles. The molecule has 0 bridgehead atoms. The molecule has 5 nitrogen and oxygen atoms in total. The molecule has 2 aromatic rings. The molecule has 106 valence electrons. The number of benzene rings is 1. The summed E-state index contributed by atoms with van der Waals surface area (Å²) in [5.41, 5.74) is 8.42. The zero-order valence-electron chi connectivity index (χ0n) is 12.1. The van der Waals surface area contributed by atoms with Crippen molar-refractivity contribution in [2.45, 2.75) is 33.2 Å². The van der Waals surface area contributed by atoms with Crippen molar-refractivity contribution in [1.82, 2.24) is 9.78 Å². The lowest BCUT2D eigenvalue weighted by atomic mass is 10.0. The van der Waals surface area contributed by atoms with E-state index in [9.17, 15) is 4.79 Å². The van der Waals surface area contributed by atoms with Crippen LogP contribution in [0.3, 0.4) is 0 Å². The molecule has 0 radical (unpaired) electrons. The number of nitrogens with one attached hydrogen (secondary N) is 1. The zero-order valence-corrected chi connectivity index (χ0v) is 12.1. The van der Waals surface area contributed by atoms with Crippen LogP contribution in [0.1, 0.15) is 42.7 Å². The van der Waals surface area contributed by atoms with E-state index >= 15 is 0 Å². The Kier molecular flexibility index (Phi) is 4.08. The SMILES string of the molecule is CCn1cc(N)c(C(=O)Nc2ccc(C(C)C)cc2)n1. The van der Waals surface area contributed by atoms with E-state index in [0.29, 0.717) is 18.2 Å². The van der Waals surface area contributed by atoms with Crippen LogP contribution < -0.4 is 11.1 Å². The number of hydrogen-bond acceptors (Lipinski definition) is 3. The number of rotatable bonds is 4. The van der Waals surface area contributed by atoms with Crippen molar-refractivity contribution >= 4 is 17.3 Å². The molecule has 0 saturated heterocycles. The molecular weight excluding hydrogens is 252 g/mol. The molecule has 1 heterocycles. The molecule has 0 saturated carbocycles. The van der Waals surface area contributed by atoms with Crippen LogP contribution in [0.25, 0.3) is 0 Å². The quantitative estimate of drug-likeness (QED) is 0.898. The highest BCUT2D eigenvalue weighted by Gasteiger charge is 2.14. The minimum atomic E-state index is -0.285. The summed E-state index contributed by atoms with van der Waals surface area (Å²) < 4.78 is 1.64. The maximum Gasteiger partial charge on any atom is 0.278 e. The minimum absolute atomic E-state index is 0.264. The lowest BCUT2D eigenvalue weighted by Crippen LogP contribution is -2.14. The van der Waals surface area contributed by atoms with Gasteiger partial charge in [0.15, 0.2) is 5.69 Å². The fourth-order valence-electron chi connectivity index (χ4n) is 1.92. The molecule has 1 amide bonds. The van der Waals surface area contributed by atoms with Crippen molar-refractivity contribution in [1.29, 1.82) is 0 Å². The molecule has 0 aliphatic carbocycles. The van der Waals surface area contributed by atoms with Crippen molar-refractivity contribution in [3.8, 4) is 0 Å². The molecule has 0 atom stereocenters. The van der Waals surface area contributed by atoms with Gasteiger partial charge in [-0.2, -0.15) is 5.10 Å². The second-order valence-corrected chi connectivity index (χ2v) is 5.02. The highest BCUT2D eigenvalue weighted by atomic mass is 16.2. The second-order valence-electron chi connectivity index (χ2n) is 5.02. The third-order valence-corrected chi connectivity index (χ3v) is 3.16. The van der Waals surface area contributed by atoms with Crippen LogP contribution in [-0.4, -0.2) is 15.7 Å². The van der Waals surface area contributed by atoms with Crippen molar-refractivity contribution in [3.05, 3.63) is 41.7 Å². The van der Waals surface area contributed by atoms with Crippen LogP contribution in [0.15, 0.2) is 30.5 Å². The van der Waals surface area contributed by atoms with E-state index in [1.165, 1.54) is 5.56 Å². The van der Waals surface area contributed by atoms with Gasteiger partial charge in [0.05, 0.1) is 5.69 Å². The third kappa shape index (κ3) is 2.99. The first kappa shape index (κ1) is 14.1. The topological polar surface area (TPSA) is 72.9 Å². The van der Waals surface area contributed by atoms with Gasteiger partial charge in [0, 0.05) is 18.4 Å². The summed E-state index contributed by atoms with van der Waals surface area (Å²) in [6.45, 7) is 6.89. The number of nitrogen functional groups attached to an aromatic ring is 1. The fraction of sp³-hybridized carbons (Fsp3) is 0.333. The first-order valence-corrected chi connectivity index (χ1v) is 6.75. The summed E-state index contributed by atoms with van der Waals surface area (Å²) in [5, 5.41) is 6.96. The maximum absolute atomic E-state index is 12.1. The number of nitrogens with two attached hydrogens (primary N) is 1. The van der Waals surface area contributed by atoms with Crippen molar-refractivity contribution < 1.29 is 4.79 Å². The van der Waals surface area contributed by atoms with E-state index in [4.69, 9.17) is 5.73 Å². The van der Waals surface area contributed by atoms with Gasteiger partial charge in [0.2, 0.25) is 0 Å². The van der Waals surface area contributed by atoms with Crippen LogP contribution in [0, 0.1) is 0 Å². The number of anilines is 2. The van der Waals surface area contributed by atoms with Gasteiger partial charge in [-0.3, -0.25) is 9.48 Å². The Morgan fingerprint density at radius 2 is 2.00 bits per heavy atom. The molecule has 0 fully saturated rings. The Morgan fingerprint density at radius 3 is 2.50 bits per heavy atom. The Balaban J connectivity index is 2.12. The third-order valence-electron chi connectivity index (χ3n) is 3.16. The number of nitrogens with zero attached hydrogens (tertiary/aromatic N) is 2. The van der Waals surface area contributed by atoms with Gasteiger partial charge in [0.1, 0.15) is 0 Å². The van der Waals surface area contributed by atoms with Crippen molar-refractivity contribution in [2.75, 3.05) is 11.1 Å². The van der Waals surface area contributed by atoms with Crippen molar-refractivity contribution in [3.63, 3.8) is 0 Å².